The van der Waals surface area contributed by atoms with Gasteiger partial charge in [0.15, 0.2) is 0 Å². The highest BCUT2D eigenvalue weighted by atomic mass is 16.5. The van der Waals surface area contributed by atoms with E-state index in [0.29, 0.717) is 0 Å². The van der Waals surface area contributed by atoms with Crippen molar-refractivity contribution in [2.75, 3.05) is 30.4 Å². The van der Waals surface area contributed by atoms with E-state index in [2.05, 4.69) is 32.1 Å². The standard InChI is InChI=1S/C20H23N5O2/c1-13-11-21-18-17(13)19(23-12-22-18)25-8-6-14(7-9-25)20(26)24-15-4-3-5-16(10-15)27-2/h3-5,10-12,14H,6-9H2,1-2H3,(H,24,26)(H,21,22,23). The zero-order valence-corrected chi connectivity index (χ0v) is 15.5. The zero-order valence-electron chi connectivity index (χ0n) is 15.5. The summed E-state index contributed by atoms with van der Waals surface area (Å²) in [5, 5.41) is 4.07. The second kappa shape index (κ2) is 7.26. The summed E-state index contributed by atoms with van der Waals surface area (Å²) in [6.07, 6.45) is 5.14. The topological polar surface area (TPSA) is 83.1 Å². The van der Waals surface area contributed by atoms with Crippen LogP contribution in [0.2, 0.25) is 0 Å². The van der Waals surface area contributed by atoms with Gasteiger partial charge < -0.3 is 19.9 Å². The van der Waals surface area contributed by atoms with Gasteiger partial charge in [-0.3, -0.25) is 4.79 Å². The molecule has 1 aliphatic rings. The van der Waals surface area contributed by atoms with Crippen LogP contribution in [0, 0.1) is 12.8 Å². The van der Waals surface area contributed by atoms with Gasteiger partial charge in [0, 0.05) is 37.0 Å². The molecule has 0 atom stereocenters. The predicted octanol–water partition coefficient (Wildman–Crippen LogP) is 3.13. The molecule has 2 N–H and O–H groups in total. The van der Waals surface area contributed by atoms with Crippen LogP contribution < -0.4 is 15.0 Å². The Kier molecular flexibility index (Phi) is 4.66. The molecule has 0 radical (unpaired) electrons. The van der Waals surface area contributed by atoms with Gasteiger partial charge in [-0.25, -0.2) is 9.97 Å². The van der Waals surface area contributed by atoms with Gasteiger partial charge in [0.25, 0.3) is 0 Å². The highest BCUT2D eigenvalue weighted by molar-refractivity contribution is 5.93. The van der Waals surface area contributed by atoms with Crippen LogP contribution in [0.25, 0.3) is 11.0 Å². The highest BCUT2D eigenvalue weighted by Gasteiger charge is 2.27. The number of anilines is 2. The molecule has 3 aromatic rings. The van der Waals surface area contributed by atoms with E-state index >= 15 is 0 Å². The van der Waals surface area contributed by atoms with Gasteiger partial charge >= 0.3 is 0 Å². The quantitative estimate of drug-likeness (QED) is 0.742. The molecular formula is C20H23N5O2. The number of H-pyrrole nitrogens is 1. The zero-order chi connectivity index (χ0) is 18.8. The lowest BCUT2D eigenvalue weighted by Crippen LogP contribution is -2.38. The first-order chi connectivity index (χ1) is 13.2. The molecule has 0 spiro atoms. The molecule has 1 amide bonds. The summed E-state index contributed by atoms with van der Waals surface area (Å²) >= 11 is 0. The second-order valence-electron chi connectivity index (χ2n) is 6.88. The lowest BCUT2D eigenvalue weighted by atomic mass is 9.95. The van der Waals surface area contributed by atoms with Crippen molar-refractivity contribution in [2.45, 2.75) is 19.8 Å². The van der Waals surface area contributed by atoms with E-state index < -0.39 is 0 Å². The Morgan fingerprint density at radius 1 is 1.30 bits per heavy atom. The normalized spacial score (nSPS) is 15.1. The predicted molar refractivity (Wildman–Crippen MR) is 105 cm³/mol. The molecule has 27 heavy (non-hydrogen) atoms. The first kappa shape index (κ1) is 17.3. The van der Waals surface area contributed by atoms with Crippen LogP contribution in [-0.2, 0) is 4.79 Å². The van der Waals surface area contributed by atoms with Gasteiger partial charge in [-0.2, -0.15) is 0 Å². The molecule has 1 aliphatic heterocycles. The van der Waals surface area contributed by atoms with E-state index in [-0.39, 0.29) is 11.8 Å². The number of aromatic amines is 1. The number of carbonyl (C=O) groups is 1. The molecule has 4 rings (SSSR count). The molecule has 0 saturated carbocycles. The van der Waals surface area contributed by atoms with Gasteiger partial charge in [0.1, 0.15) is 23.5 Å². The Balaban J connectivity index is 1.42. The number of piperidine rings is 1. The highest BCUT2D eigenvalue weighted by Crippen LogP contribution is 2.29. The monoisotopic (exact) mass is 365 g/mol. The van der Waals surface area contributed by atoms with Crippen molar-refractivity contribution in [1.29, 1.82) is 0 Å². The number of benzene rings is 1. The Bertz CT molecular complexity index is 960. The van der Waals surface area contributed by atoms with E-state index in [0.717, 1.165) is 59.8 Å². The van der Waals surface area contributed by atoms with Gasteiger partial charge in [0.05, 0.1) is 12.5 Å². The van der Waals surface area contributed by atoms with Crippen molar-refractivity contribution in [3.05, 3.63) is 42.4 Å². The Morgan fingerprint density at radius 3 is 2.89 bits per heavy atom. The fourth-order valence-corrected chi connectivity index (χ4v) is 3.64. The van der Waals surface area contributed by atoms with Crippen molar-refractivity contribution in [3.8, 4) is 5.75 Å². The molecular weight excluding hydrogens is 342 g/mol. The minimum atomic E-state index is -0.00268. The van der Waals surface area contributed by atoms with E-state index in [4.69, 9.17) is 4.74 Å². The van der Waals surface area contributed by atoms with Crippen LogP contribution in [0.5, 0.6) is 5.75 Å². The maximum Gasteiger partial charge on any atom is 0.227 e. The molecule has 1 saturated heterocycles. The molecule has 0 aliphatic carbocycles. The fraction of sp³-hybridized carbons (Fsp3) is 0.350. The molecule has 2 aromatic heterocycles. The summed E-state index contributed by atoms with van der Waals surface area (Å²) < 4.78 is 5.21. The largest absolute Gasteiger partial charge is 0.497 e. The average Bonchev–Trinajstić information content (AvgIpc) is 3.09. The molecule has 3 heterocycles. The number of ether oxygens (including phenoxy) is 1. The van der Waals surface area contributed by atoms with Gasteiger partial charge in [-0.15, -0.1) is 0 Å². The second-order valence-corrected chi connectivity index (χ2v) is 6.88. The smallest absolute Gasteiger partial charge is 0.227 e. The maximum absolute atomic E-state index is 12.6. The van der Waals surface area contributed by atoms with Gasteiger partial charge in [-0.05, 0) is 37.5 Å². The number of fused-ring (bicyclic) bond motifs is 1. The third-order valence-electron chi connectivity index (χ3n) is 5.15. The SMILES string of the molecule is COc1cccc(NC(=O)C2CCN(c3ncnc4[nH]cc(C)c34)CC2)c1. The molecule has 0 unspecified atom stereocenters. The lowest BCUT2D eigenvalue weighted by Gasteiger charge is -2.32. The number of nitrogens with one attached hydrogen (secondary N) is 2. The number of aromatic nitrogens is 3. The summed E-state index contributed by atoms with van der Waals surface area (Å²) in [6.45, 7) is 3.65. The molecule has 0 bridgehead atoms. The minimum Gasteiger partial charge on any atom is -0.497 e. The first-order valence-electron chi connectivity index (χ1n) is 9.14. The maximum atomic E-state index is 12.6. The minimum absolute atomic E-state index is 0.00268. The number of aryl methyl sites for hydroxylation is 1. The number of methoxy groups -OCH3 is 1. The van der Waals surface area contributed by atoms with Crippen LogP contribution in [0.15, 0.2) is 36.8 Å². The summed E-state index contributed by atoms with van der Waals surface area (Å²) in [5.74, 6) is 1.74. The van der Waals surface area contributed by atoms with E-state index in [9.17, 15) is 4.79 Å². The molecule has 7 nitrogen and oxygen atoms in total. The van der Waals surface area contributed by atoms with Crippen LogP contribution in [0.4, 0.5) is 11.5 Å². The van der Waals surface area contributed by atoms with E-state index in [1.54, 1.807) is 13.4 Å². The Morgan fingerprint density at radius 2 is 2.11 bits per heavy atom. The fourth-order valence-electron chi connectivity index (χ4n) is 3.64. The van der Waals surface area contributed by atoms with Crippen molar-refractivity contribution in [2.24, 2.45) is 5.92 Å². The first-order valence-corrected chi connectivity index (χ1v) is 9.14. The summed E-state index contributed by atoms with van der Waals surface area (Å²) in [5.41, 5.74) is 2.76. The molecule has 140 valence electrons. The molecule has 1 aromatic carbocycles. The van der Waals surface area contributed by atoms with Crippen molar-refractivity contribution < 1.29 is 9.53 Å². The third-order valence-corrected chi connectivity index (χ3v) is 5.15. The summed E-state index contributed by atoms with van der Waals surface area (Å²) in [6, 6.07) is 7.44. The van der Waals surface area contributed by atoms with E-state index in [1.165, 1.54) is 0 Å². The summed E-state index contributed by atoms with van der Waals surface area (Å²) in [4.78, 5) is 26.9. The molecule has 7 heteroatoms. The lowest BCUT2D eigenvalue weighted by molar-refractivity contribution is -0.120. The number of nitrogens with zero attached hydrogens (tertiary/aromatic N) is 3. The molecule has 1 fully saturated rings. The van der Waals surface area contributed by atoms with Crippen molar-refractivity contribution in [3.63, 3.8) is 0 Å². The number of rotatable bonds is 4. The Labute approximate surface area is 157 Å². The Hall–Kier alpha value is -3.09. The van der Waals surface area contributed by atoms with Crippen LogP contribution in [0.1, 0.15) is 18.4 Å². The number of amides is 1. The van der Waals surface area contributed by atoms with Crippen molar-refractivity contribution >= 4 is 28.4 Å². The number of hydrogen-bond acceptors (Lipinski definition) is 5. The summed E-state index contributed by atoms with van der Waals surface area (Å²) in [7, 11) is 1.62. The number of carbonyl (C=O) groups excluding carboxylic acids is 1. The van der Waals surface area contributed by atoms with Crippen LogP contribution in [-0.4, -0.2) is 41.1 Å². The van der Waals surface area contributed by atoms with Gasteiger partial charge in [-0.1, -0.05) is 6.07 Å². The van der Waals surface area contributed by atoms with Gasteiger partial charge in [0.2, 0.25) is 5.91 Å². The third kappa shape index (κ3) is 3.45. The van der Waals surface area contributed by atoms with Crippen LogP contribution >= 0.6 is 0 Å². The number of hydrogen-bond donors (Lipinski definition) is 2. The average molecular weight is 365 g/mol. The van der Waals surface area contributed by atoms with E-state index in [1.807, 2.05) is 30.5 Å². The van der Waals surface area contributed by atoms with Crippen LogP contribution in [0.3, 0.4) is 0 Å². The van der Waals surface area contributed by atoms with Crippen molar-refractivity contribution in [1.82, 2.24) is 15.0 Å².